The third kappa shape index (κ3) is 1.36. The lowest BCUT2D eigenvalue weighted by Crippen LogP contribution is -1.93. The summed E-state index contributed by atoms with van der Waals surface area (Å²) in [5, 5.41) is 10.8. The van der Waals surface area contributed by atoms with Crippen molar-refractivity contribution < 1.29 is 14.3 Å². The molecule has 0 fully saturated rings. The highest BCUT2D eigenvalue weighted by molar-refractivity contribution is 7.17. The van der Waals surface area contributed by atoms with Gasteiger partial charge in [0, 0.05) is 15.5 Å². The highest BCUT2D eigenvalue weighted by Gasteiger charge is 2.14. The lowest BCUT2D eigenvalue weighted by atomic mass is 10.2. The standard InChI is InChI=1S/C9H4ClFO2S/c10-6-1-4(11)2-7-8(6)5(3-14-7)9(12)13/h1-3H,(H,12,13). The first-order chi connectivity index (χ1) is 6.59. The van der Waals surface area contributed by atoms with Crippen LogP contribution in [0.3, 0.4) is 0 Å². The number of rotatable bonds is 1. The first kappa shape index (κ1) is 9.43. The molecule has 1 aromatic heterocycles. The minimum atomic E-state index is -1.05. The lowest BCUT2D eigenvalue weighted by molar-refractivity contribution is 0.0699. The van der Waals surface area contributed by atoms with Crippen LogP contribution in [0.15, 0.2) is 17.5 Å². The van der Waals surface area contributed by atoms with Crippen LogP contribution in [0.1, 0.15) is 10.4 Å². The van der Waals surface area contributed by atoms with Crippen molar-refractivity contribution in [1.29, 1.82) is 0 Å². The molecule has 0 amide bonds. The number of carboxylic acid groups (broad SMARTS) is 1. The maximum absolute atomic E-state index is 12.9. The van der Waals surface area contributed by atoms with E-state index in [2.05, 4.69) is 0 Å². The summed E-state index contributed by atoms with van der Waals surface area (Å²) in [4.78, 5) is 10.8. The van der Waals surface area contributed by atoms with Crippen LogP contribution < -0.4 is 0 Å². The Bertz CT molecular complexity index is 521. The van der Waals surface area contributed by atoms with E-state index in [1.165, 1.54) is 22.8 Å². The van der Waals surface area contributed by atoms with Gasteiger partial charge in [0.15, 0.2) is 0 Å². The van der Waals surface area contributed by atoms with Crippen molar-refractivity contribution >= 4 is 39.0 Å². The average Bonchev–Trinajstić information content (AvgIpc) is 2.47. The van der Waals surface area contributed by atoms with Crippen LogP contribution in [-0.2, 0) is 0 Å². The summed E-state index contributed by atoms with van der Waals surface area (Å²) in [6, 6.07) is 2.39. The van der Waals surface area contributed by atoms with Crippen LogP contribution in [0.2, 0.25) is 5.02 Å². The second-order valence-electron chi connectivity index (χ2n) is 2.72. The molecule has 2 nitrogen and oxygen atoms in total. The minimum absolute atomic E-state index is 0.120. The topological polar surface area (TPSA) is 37.3 Å². The molecule has 1 aromatic carbocycles. The Labute approximate surface area is 87.5 Å². The summed E-state index contributed by atoms with van der Waals surface area (Å²) < 4.78 is 13.4. The van der Waals surface area contributed by atoms with Crippen molar-refractivity contribution in [1.82, 2.24) is 0 Å². The molecule has 5 heteroatoms. The number of fused-ring (bicyclic) bond motifs is 1. The van der Waals surface area contributed by atoms with Gasteiger partial charge >= 0.3 is 5.97 Å². The van der Waals surface area contributed by atoms with E-state index in [1.807, 2.05) is 0 Å². The van der Waals surface area contributed by atoms with Crippen LogP contribution in [0.25, 0.3) is 10.1 Å². The number of thiophene rings is 1. The van der Waals surface area contributed by atoms with Gasteiger partial charge in [-0.2, -0.15) is 0 Å². The van der Waals surface area contributed by atoms with Gasteiger partial charge in [0.25, 0.3) is 0 Å². The van der Waals surface area contributed by atoms with Crippen molar-refractivity contribution in [2.75, 3.05) is 0 Å². The van der Waals surface area contributed by atoms with Crippen LogP contribution in [-0.4, -0.2) is 11.1 Å². The van der Waals surface area contributed by atoms with E-state index in [9.17, 15) is 9.18 Å². The molecule has 0 bridgehead atoms. The maximum Gasteiger partial charge on any atom is 0.337 e. The monoisotopic (exact) mass is 230 g/mol. The summed E-state index contributed by atoms with van der Waals surface area (Å²) in [6.07, 6.45) is 0. The molecule has 0 atom stereocenters. The zero-order valence-electron chi connectivity index (χ0n) is 6.75. The SMILES string of the molecule is O=C(O)c1csc2cc(F)cc(Cl)c12. The Morgan fingerprint density at radius 3 is 2.86 bits per heavy atom. The van der Waals surface area contributed by atoms with Crippen LogP contribution in [0, 0.1) is 5.82 Å². The van der Waals surface area contributed by atoms with E-state index < -0.39 is 11.8 Å². The number of hydrogen-bond donors (Lipinski definition) is 1. The second kappa shape index (κ2) is 3.22. The highest BCUT2D eigenvalue weighted by Crippen LogP contribution is 2.32. The van der Waals surface area contributed by atoms with Crippen LogP contribution in [0.5, 0.6) is 0 Å². The molecule has 0 aliphatic rings. The van der Waals surface area contributed by atoms with Crippen LogP contribution in [0.4, 0.5) is 4.39 Å². The highest BCUT2D eigenvalue weighted by atomic mass is 35.5. The predicted molar refractivity (Wildman–Crippen MR) is 53.8 cm³/mol. The molecule has 0 saturated carbocycles. The Kier molecular flexibility index (Phi) is 2.17. The van der Waals surface area contributed by atoms with E-state index in [0.29, 0.717) is 10.1 Å². The molecule has 2 rings (SSSR count). The molecule has 0 unspecified atom stereocenters. The average molecular weight is 231 g/mol. The molecule has 0 aliphatic carbocycles. The normalized spacial score (nSPS) is 10.7. The summed E-state index contributed by atoms with van der Waals surface area (Å²) in [6.45, 7) is 0. The zero-order chi connectivity index (χ0) is 10.3. The van der Waals surface area contributed by atoms with Crippen molar-refractivity contribution in [2.45, 2.75) is 0 Å². The quantitative estimate of drug-likeness (QED) is 0.815. The number of carboxylic acids is 1. The summed E-state index contributed by atoms with van der Waals surface area (Å²) in [5.41, 5.74) is 0.120. The Balaban J connectivity index is 2.85. The summed E-state index contributed by atoms with van der Waals surface area (Å²) in [7, 11) is 0. The summed E-state index contributed by atoms with van der Waals surface area (Å²) >= 11 is 6.92. The Hall–Kier alpha value is -1.13. The second-order valence-corrected chi connectivity index (χ2v) is 4.03. The molecular weight excluding hydrogens is 227 g/mol. The number of halogens is 2. The van der Waals surface area contributed by atoms with Gasteiger partial charge in [-0.05, 0) is 12.1 Å². The number of benzene rings is 1. The molecule has 72 valence electrons. The third-order valence-corrected chi connectivity index (χ3v) is 3.05. The first-order valence-corrected chi connectivity index (χ1v) is 4.95. The van der Waals surface area contributed by atoms with Crippen molar-refractivity contribution in [3.63, 3.8) is 0 Å². The van der Waals surface area contributed by atoms with Crippen LogP contribution >= 0.6 is 22.9 Å². The van der Waals surface area contributed by atoms with Gasteiger partial charge in [-0.1, -0.05) is 11.6 Å². The van der Waals surface area contributed by atoms with E-state index in [4.69, 9.17) is 16.7 Å². The molecule has 14 heavy (non-hydrogen) atoms. The maximum atomic E-state index is 12.9. The fourth-order valence-corrected chi connectivity index (χ4v) is 2.59. The molecule has 2 aromatic rings. The van der Waals surface area contributed by atoms with E-state index in [1.54, 1.807) is 0 Å². The molecule has 0 saturated heterocycles. The fourth-order valence-electron chi connectivity index (χ4n) is 1.24. The van der Waals surface area contributed by atoms with Gasteiger partial charge < -0.3 is 5.11 Å². The smallest absolute Gasteiger partial charge is 0.337 e. The summed E-state index contributed by atoms with van der Waals surface area (Å²) in [5.74, 6) is -1.51. The van der Waals surface area contributed by atoms with Gasteiger partial charge in [0.1, 0.15) is 5.82 Å². The lowest BCUT2D eigenvalue weighted by Gasteiger charge is -1.96. The van der Waals surface area contributed by atoms with Gasteiger partial charge in [-0.25, -0.2) is 9.18 Å². The fraction of sp³-hybridized carbons (Fsp3) is 0. The van der Waals surface area contributed by atoms with Gasteiger partial charge in [-0.15, -0.1) is 11.3 Å². The molecule has 0 spiro atoms. The number of hydrogen-bond acceptors (Lipinski definition) is 2. The van der Waals surface area contributed by atoms with E-state index >= 15 is 0 Å². The van der Waals surface area contributed by atoms with Crippen molar-refractivity contribution in [3.05, 3.63) is 33.9 Å². The molecule has 0 aliphatic heterocycles. The Morgan fingerprint density at radius 1 is 1.50 bits per heavy atom. The molecule has 1 N–H and O–H groups in total. The largest absolute Gasteiger partial charge is 0.478 e. The van der Waals surface area contributed by atoms with Crippen molar-refractivity contribution in [3.8, 4) is 0 Å². The van der Waals surface area contributed by atoms with Crippen molar-refractivity contribution in [2.24, 2.45) is 0 Å². The van der Waals surface area contributed by atoms with Gasteiger partial charge in [-0.3, -0.25) is 0 Å². The number of carbonyl (C=O) groups is 1. The third-order valence-electron chi connectivity index (χ3n) is 1.82. The van der Waals surface area contributed by atoms with Gasteiger partial charge in [0.05, 0.1) is 10.6 Å². The van der Waals surface area contributed by atoms with Gasteiger partial charge in [0.2, 0.25) is 0 Å². The predicted octanol–water partition coefficient (Wildman–Crippen LogP) is 3.39. The minimum Gasteiger partial charge on any atom is -0.478 e. The van der Waals surface area contributed by atoms with E-state index in [0.717, 1.165) is 6.07 Å². The Morgan fingerprint density at radius 2 is 2.21 bits per heavy atom. The molecular formula is C9H4ClFO2S. The molecule has 1 heterocycles. The zero-order valence-corrected chi connectivity index (χ0v) is 8.32. The molecule has 0 radical (unpaired) electrons. The van der Waals surface area contributed by atoms with E-state index in [-0.39, 0.29) is 10.6 Å². The first-order valence-electron chi connectivity index (χ1n) is 3.69. The number of aromatic carboxylic acids is 1.